The molecule has 4 nitrogen and oxygen atoms in total. The fourth-order valence-corrected chi connectivity index (χ4v) is 2.49. The molecule has 1 saturated heterocycles. The molecule has 0 aromatic rings. The Morgan fingerprint density at radius 3 is 2.25 bits per heavy atom. The molecule has 1 N–H and O–H groups in total. The first-order chi connectivity index (χ1) is 8.95. The van der Waals surface area contributed by atoms with Gasteiger partial charge in [-0.05, 0) is 11.8 Å². The van der Waals surface area contributed by atoms with Gasteiger partial charge in [0, 0.05) is 30.5 Å². The van der Waals surface area contributed by atoms with Crippen LogP contribution in [0, 0.1) is 10.8 Å². The van der Waals surface area contributed by atoms with Gasteiger partial charge < -0.3 is 5.32 Å². The van der Waals surface area contributed by atoms with Gasteiger partial charge in [0.25, 0.3) is 0 Å². The molecule has 20 heavy (non-hydrogen) atoms. The van der Waals surface area contributed by atoms with Gasteiger partial charge in [0.05, 0.1) is 0 Å². The predicted molar refractivity (Wildman–Crippen MR) is 81.2 cm³/mol. The van der Waals surface area contributed by atoms with Crippen molar-refractivity contribution in [1.29, 1.82) is 0 Å². The van der Waals surface area contributed by atoms with Crippen LogP contribution in [0.2, 0.25) is 0 Å². The van der Waals surface area contributed by atoms with Crippen LogP contribution in [-0.2, 0) is 9.59 Å². The molecule has 2 amide bonds. The summed E-state index contributed by atoms with van der Waals surface area (Å²) in [5, 5.41) is 3.49. The molecule has 0 saturated carbocycles. The van der Waals surface area contributed by atoms with Crippen molar-refractivity contribution >= 4 is 11.8 Å². The maximum Gasteiger partial charge on any atom is 0.234 e. The first-order valence-corrected chi connectivity index (χ1v) is 7.56. The Kier molecular flexibility index (Phi) is 5.01. The predicted octanol–water partition coefficient (Wildman–Crippen LogP) is 2.57. The average Bonchev–Trinajstić information content (AvgIpc) is 2.27. The van der Waals surface area contributed by atoms with Gasteiger partial charge in [-0.3, -0.25) is 14.5 Å². The van der Waals surface area contributed by atoms with Gasteiger partial charge in [-0.2, -0.15) is 0 Å². The van der Waals surface area contributed by atoms with Crippen LogP contribution in [0.4, 0.5) is 0 Å². The highest BCUT2D eigenvalue weighted by Crippen LogP contribution is 2.32. The molecule has 0 spiro atoms. The first kappa shape index (κ1) is 17.2. The zero-order valence-corrected chi connectivity index (χ0v) is 14.0. The normalized spacial score (nSPS) is 21.5. The Balaban J connectivity index is 2.91. The number of piperidine rings is 1. The van der Waals surface area contributed by atoms with Crippen LogP contribution in [-0.4, -0.2) is 35.3 Å². The van der Waals surface area contributed by atoms with Crippen LogP contribution in [0.25, 0.3) is 0 Å². The Morgan fingerprint density at radius 2 is 1.80 bits per heavy atom. The van der Waals surface area contributed by atoms with Crippen LogP contribution < -0.4 is 5.32 Å². The quantitative estimate of drug-likeness (QED) is 0.806. The monoisotopic (exact) mass is 282 g/mol. The van der Waals surface area contributed by atoms with Crippen molar-refractivity contribution in [3.05, 3.63) is 0 Å². The maximum absolute atomic E-state index is 12.5. The number of amides is 2. The van der Waals surface area contributed by atoms with Crippen LogP contribution in [0.3, 0.4) is 0 Å². The molecular weight excluding hydrogens is 252 g/mol. The molecule has 1 heterocycles. The molecular formula is C16H30N2O2. The number of likely N-dealkylation sites (tertiary alicyclic amines) is 1. The number of hydrogen-bond donors (Lipinski definition) is 1. The second-order valence-corrected chi connectivity index (χ2v) is 7.93. The lowest BCUT2D eigenvalue weighted by molar-refractivity contribution is -0.157. The highest BCUT2D eigenvalue weighted by Gasteiger charge is 2.42. The summed E-state index contributed by atoms with van der Waals surface area (Å²) in [6.07, 6.45) is 1.12. The fourth-order valence-electron chi connectivity index (χ4n) is 2.49. The summed E-state index contributed by atoms with van der Waals surface area (Å²) in [5.74, 6) is -0.0670. The van der Waals surface area contributed by atoms with Gasteiger partial charge in [-0.25, -0.2) is 0 Å². The molecule has 0 aromatic heterocycles. The molecule has 1 aliphatic heterocycles. The number of hydrogen-bond acceptors (Lipinski definition) is 3. The number of rotatable bonds is 4. The largest absolute Gasteiger partial charge is 0.309 e. The zero-order valence-electron chi connectivity index (χ0n) is 14.0. The summed E-state index contributed by atoms with van der Waals surface area (Å²) in [6.45, 7) is 14.9. The van der Waals surface area contributed by atoms with E-state index in [0.29, 0.717) is 25.4 Å². The van der Waals surface area contributed by atoms with Gasteiger partial charge in [-0.15, -0.1) is 0 Å². The number of nitrogens with one attached hydrogen (secondary N) is 1. The van der Waals surface area contributed by atoms with Crippen molar-refractivity contribution in [2.45, 2.75) is 73.4 Å². The molecule has 116 valence electrons. The number of carbonyl (C=O) groups excluding carboxylic acids is 2. The summed E-state index contributed by atoms with van der Waals surface area (Å²) in [4.78, 5) is 26.1. The van der Waals surface area contributed by atoms with Crippen LogP contribution in [0.5, 0.6) is 0 Å². The minimum atomic E-state index is -0.422. The lowest BCUT2D eigenvalue weighted by atomic mass is 9.81. The second-order valence-electron chi connectivity index (χ2n) is 7.93. The Hall–Kier alpha value is -0.900. The van der Waals surface area contributed by atoms with Crippen LogP contribution in [0.1, 0.15) is 61.3 Å². The molecule has 0 unspecified atom stereocenters. The topological polar surface area (TPSA) is 49.4 Å². The van der Waals surface area contributed by atoms with E-state index in [1.54, 1.807) is 0 Å². The molecule has 0 bridgehead atoms. The van der Waals surface area contributed by atoms with Crippen molar-refractivity contribution in [1.82, 2.24) is 10.2 Å². The fraction of sp³-hybridized carbons (Fsp3) is 0.875. The zero-order chi connectivity index (χ0) is 15.7. The van der Waals surface area contributed by atoms with E-state index in [0.717, 1.165) is 0 Å². The average molecular weight is 282 g/mol. The minimum Gasteiger partial charge on any atom is -0.309 e. The second kappa shape index (κ2) is 5.84. The van der Waals surface area contributed by atoms with Gasteiger partial charge in [-0.1, -0.05) is 48.5 Å². The third-order valence-electron chi connectivity index (χ3n) is 4.03. The SMILES string of the molecule is CC(C)N[C@H](CN1C(=O)CCC(C)(C)C1=O)C(C)(C)C. The van der Waals surface area contributed by atoms with E-state index in [4.69, 9.17) is 0 Å². The Labute approximate surface area is 123 Å². The van der Waals surface area contributed by atoms with E-state index in [-0.39, 0.29) is 23.3 Å². The molecule has 0 aliphatic carbocycles. The van der Waals surface area contributed by atoms with Gasteiger partial charge >= 0.3 is 0 Å². The highest BCUT2D eigenvalue weighted by molar-refractivity contribution is 6.00. The van der Waals surface area contributed by atoms with E-state index in [2.05, 4.69) is 39.9 Å². The third kappa shape index (κ3) is 4.05. The van der Waals surface area contributed by atoms with E-state index in [9.17, 15) is 9.59 Å². The minimum absolute atomic E-state index is 0.00752. The lowest BCUT2D eigenvalue weighted by Crippen LogP contribution is -2.57. The lowest BCUT2D eigenvalue weighted by Gasteiger charge is -2.41. The van der Waals surface area contributed by atoms with Crippen molar-refractivity contribution in [3.8, 4) is 0 Å². The van der Waals surface area contributed by atoms with Gasteiger partial charge in [0.2, 0.25) is 11.8 Å². The summed E-state index contributed by atoms with van der Waals surface area (Å²) in [6, 6.07) is 0.423. The van der Waals surface area contributed by atoms with E-state index in [1.165, 1.54) is 4.90 Å². The van der Waals surface area contributed by atoms with E-state index in [1.807, 2.05) is 13.8 Å². The highest BCUT2D eigenvalue weighted by atomic mass is 16.2. The third-order valence-corrected chi connectivity index (χ3v) is 4.03. The number of nitrogens with zero attached hydrogens (tertiary/aromatic N) is 1. The standard InChI is InChI=1S/C16H30N2O2/c1-11(2)17-12(15(3,4)5)10-18-13(19)8-9-16(6,7)14(18)20/h11-12,17H,8-10H2,1-7H3/t12-/m1/s1. The molecule has 4 heteroatoms. The van der Waals surface area contributed by atoms with Gasteiger partial charge in [0.15, 0.2) is 0 Å². The molecule has 1 aliphatic rings. The Morgan fingerprint density at radius 1 is 1.25 bits per heavy atom. The van der Waals surface area contributed by atoms with Crippen molar-refractivity contribution < 1.29 is 9.59 Å². The number of imide groups is 1. The van der Waals surface area contributed by atoms with E-state index >= 15 is 0 Å². The van der Waals surface area contributed by atoms with Crippen molar-refractivity contribution in [2.24, 2.45) is 10.8 Å². The molecule has 0 radical (unpaired) electrons. The van der Waals surface area contributed by atoms with Crippen molar-refractivity contribution in [3.63, 3.8) is 0 Å². The van der Waals surface area contributed by atoms with Crippen LogP contribution >= 0.6 is 0 Å². The summed E-state index contributed by atoms with van der Waals surface area (Å²) in [5.41, 5.74) is -0.430. The number of carbonyl (C=O) groups is 2. The Bertz CT molecular complexity index is 380. The molecule has 1 atom stereocenters. The van der Waals surface area contributed by atoms with E-state index < -0.39 is 5.41 Å². The first-order valence-electron chi connectivity index (χ1n) is 7.56. The van der Waals surface area contributed by atoms with Crippen molar-refractivity contribution in [2.75, 3.05) is 6.54 Å². The van der Waals surface area contributed by atoms with Crippen LogP contribution in [0.15, 0.2) is 0 Å². The summed E-state index contributed by atoms with van der Waals surface area (Å²) < 4.78 is 0. The molecule has 0 aromatic carbocycles. The smallest absolute Gasteiger partial charge is 0.234 e. The summed E-state index contributed by atoms with van der Waals surface area (Å²) >= 11 is 0. The molecule has 1 fully saturated rings. The van der Waals surface area contributed by atoms with Gasteiger partial charge in [0.1, 0.15) is 0 Å². The molecule has 1 rings (SSSR count). The maximum atomic E-state index is 12.5. The summed E-state index contributed by atoms with van der Waals surface area (Å²) in [7, 11) is 0.